The van der Waals surface area contributed by atoms with Gasteiger partial charge in [0.2, 0.25) is 0 Å². The van der Waals surface area contributed by atoms with Crippen molar-refractivity contribution in [2.24, 2.45) is 5.41 Å². The van der Waals surface area contributed by atoms with Gasteiger partial charge in [0.05, 0.1) is 12.5 Å². The molecule has 0 bridgehead atoms. The summed E-state index contributed by atoms with van der Waals surface area (Å²) in [5, 5.41) is 12.2. The molecule has 0 amide bonds. The summed E-state index contributed by atoms with van der Waals surface area (Å²) in [7, 11) is 1.65. The average molecular weight is 277 g/mol. The fraction of sp³-hybridized carbons (Fsp3) is 0.438. The third kappa shape index (κ3) is 5.05. The number of carboxylic acids is 1. The van der Waals surface area contributed by atoms with E-state index in [1.807, 2.05) is 36.4 Å². The smallest absolute Gasteiger partial charge is 0.309 e. The third-order valence-electron chi connectivity index (χ3n) is 3.20. The highest BCUT2D eigenvalue weighted by Gasteiger charge is 2.25. The molecule has 0 saturated carbocycles. The normalized spacial score (nSPS) is 11.8. The summed E-state index contributed by atoms with van der Waals surface area (Å²) < 4.78 is 5.26. The Morgan fingerprint density at radius 1 is 1.40 bits per heavy atom. The zero-order valence-corrected chi connectivity index (χ0v) is 12.3. The molecule has 0 aliphatic carbocycles. The fourth-order valence-corrected chi connectivity index (χ4v) is 1.68. The maximum Gasteiger partial charge on any atom is 0.309 e. The molecule has 0 aliphatic heterocycles. The summed E-state index contributed by atoms with van der Waals surface area (Å²) in [6.07, 6.45) is 4.60. The quantitative estimate of drug-likeness (QED) is 0.717. The summed E-state index contributed by atoms with van der Waals surface area (Å²) in [6.45, 7) is 4.85. The Hall–Kier alpha value is -1.81. The van der Waals surface area contributed by atoms with Crippen molar-refractivity contribution in [3.63, 3.8) is 0 Å². The average Bonchev–Trinajstić information content (AvgIpc) is 2.42. The lowest BCUT2D eigenvalue weighted by atomic mass is 9.90. The summed E-state index contributed by atoms with van der Waals surface area (Å²) >= 11 is 0. The predicted octanol–water partition coefficient (Wildman–Crippen LogP) is 2.80. The molecule has 0 saturated heterocycles. The van der Waals surface area contributed by atoms with Crippen molar-refractivity contribution in [3.05, 3.63) is 35.9 Å². The van der Waals surface area contributed by atoms with Crippen LogP contribution in [0.2, 0.25) is 0 Å². The van der Waals surface area contributed by atoms with Crippen LogP contribution in [0.15, 0.2) is 30.3 Å². The van der Waals surface area contributed by atoms with Crippen LogP contribution < -0.4 is 10.1 Å². The molecule has 0 radical (unpaired) electrons. The lowest BCUT2D eigenvalue weighted by Crippen LogP contribution is -2.29. The van der Waals surface area contributed by atoms with Crippen LogP contribution >= 0.6 is 0 Å². The van der Waals surface area contributed by atoms with E-state index in [2.05, 4.69) is 5.32 Å². The van der Waals surface area contributed by atoms with Crippen LogP contribution in [0.25, 0.3) is 6.08 Å². The van der Waals surface area contributed by atoms with Gasteiger partial charge in [-0.25, -0.2) is 0 Å². The summed E-state index contributed by atoms with van der Waals surface area (Å²) in [4.78, 5) is 10.9. The number of ether oxygens (including phenoxy) is 1. The number of rotatable bonds is 8. The second-order valence-electron chi connectivity index (χ2n) is 5.29. The van der Waals surface area contributed by atoms with Crippen LogP contribution in [0.3, 0.4) is 0 Å². The van der Waals surface area contributed by atoms with Gasteiger partial charge in [-0.05, 0) is 32.9 Å². The number of hydrogen-bond donors (Lipinski definition) is 2. The molecule has 1 aromatic carbocycles. The number of nitrogens with one attached hydrogen (secondary N) is 1. The first-order valence-electron chi connectivity index (χ1n) is 6.71. The minimum atomic E-state index is -0.760. The Morgan fingerprint density at radius 3 is 2.75 bits per heavy atom. The maximum atomic E-state index is 10.9. The van der Waals surface area contributed by atoms with Crippen molar-refractivity contribution in [2.75, 3.05) is 20.2 Å². The van der Waals surface area contributed by atoms with Gasteiger partial charge in [0.25, 0.3) is 0 Å². The number of benzene rings is 1. The highest BCUT2D eigenvalue weighted by atomic mass is 16.5. The zero-order chi connectivity index (χ0) is 15.0. The highest BCUT2D eigenvalue weighted by molar-refractivity contribution is 5.73. The molecule has 110 valence electrons. The standard InChI is InChI=1S/C16H23NO3/c1-16(2,15(18)19)10-12-17-11-6-8-13-7-4-5-9-14(13)20-3/h4-9,17H,10-12H2,1-3H3,(H,18,19)/b8-6+. The monoisotopic (exact) mass is 277 g/mol. The lowest BCUT2D eigenvalue weighted by Gasteiger charge is -2.18. The van der Waals surface area contributed by atoms with Crippen molar-refractivity contribution in [1.29, 1.82) is 0 Å². The van der Waals surface area contributed by atoms with E-state index in [1.54, 1.807) is 21.0 Å². The molecule has 0 atom stereocenters. The third-order valence-corrected chi connectivity index (χ3v) is 3.20. The van der Waals surface area contributed by atoms with Gasteiger partial charge in [0, 0.05) is 12.1 Å². The van der Waals surface area contributed by atoms with Gasteiger partial charge in [-0.2, -0.15) is 0 Å². The Labute approximate surface area is 120 Å². The zero-order valence-electron chi connectivity index (χ0n) is 12.3. The molecule has 0 heterocycles. The first kappa shape index (κ1) is 16.2. The van der Waals surface area contributed by atoms with E-state index in [-0.39, 0.29) is 0 Å². The van der Waals surface area contributed by atoms with Crippen LogP contribution in [0, 0.1) is 5.41 Å². The molecule has 4 heteroatoms. The van der Waals surface area contributed by atoms with E-state index in [0.717, 1.165) is 11.3 Å². The van der Waals surface area contributed by atoms with E-state index in [9.17, 15) is 4.79 Å². The van der Waals surface area contributed by atoms with E-state index in [1.165, 1.54) is 0 Å². The Bertz CT molecular complexity index is 467. The van der Waals surface area contributed by atoms with Gasteiger partial charge in [0.15, 0.2) is 0 Å². The largest absolute Gasteiger partial charge is 0.496 e. The van der Waals surface area contributed by atoms with Gasteiger partial charge >= 0.3 is 5.97 Å². The Morgan fingerprint density at radius 2 is 2.10 bits per heavy atom. The van der Waals surface area contributed by atoms with E-state index < -0.39 is 11.4 Å². The Balaban J connectivity index is 2.34. The second kappa shape index (κ2) is 7.70. The first-order valence-corrected chi connectivity index (χ1v) is 6.71. The van der Waals surface area contributed by atoms with Crippen LogP contribution in [-0.4, -0.2) is 31.3 Å². The number of carbonyl (C=O) groups is 1. The summed E-state index contributed by atoms with van der Waals surface area (Å²) in [6, 6.07) is 7.80. The molecule has 1 rings (SSSR count). The Kier molecular flexibility index (Phi) is 6.25. The number of aliphatic carboxylic acids is 1. The predicted molar refractivity (Wildman–Crippen MR) is 80.9 cm³/mol. The maximum absolute atomic E-state index is 10.9. The van der Waals surface area contributed by atoms with Crippen LogP contribution in [0.4, 0.5) is 0 Å². The fourth-order valence-electron chi connectivity index (χ4n) is 1.68. The van der Waals surface area contributed by atoms with E-state index >= 15 is 0 Å². The van der Waals surface area contributed by atoms with Gasteiger partial charge < -0.3 is 15.2 Å². The van der Waals surface area contributed by atoms with Crippen LogP contribution in [0.5, 0.6) is 5.75 Å². The molecular weight excluding hydrogens is 254 g/mol. The van der Waals surface area contributed by atoms with E-state index in [0.29, 0.717) is 19.5 Å². The van der Waals surface area contributed by atoms with Crippen molar-refractivity contribution in [1.82, 2.24) is 5.32 Å². The van der Waals surface area contributed by atoms with E-state index in [4.69, 9.17) is 9.84 Å². The molecule has 2 N–H and O–H groups in total. The highest BCUT2D eigenvalue weighted by Crippen LogP contribution is 2.19. The van der Waals surface area contributed by atoms with Crippen molar-refractivity contribution in [3.8, 4) is 5.75 Å². The number of carboxylic acid groups (broad SMARTS) is 1. The number of para-hydroxylation sites is 1. The molecule has 0 unspecified atom stereocenters. The molecule has 4 nitrogen and oxygen atoms in total. The summed E-state index contributed by atoms with van der Waals surface area (Å²) in [5.74, 6) is 0.0830. The SMILES string of the molecule is COc1ccccc1/C=C/CNCCC(C)(C)C(=O)O. The topological polar surface area (TPSA) is 58.6 Å². The second-order valence-corrected chi connectivity index (χ2v) is 5.29. The summed E-state index contributed by atoms with van der Waals surface area (Å²) in [5.41, 5.74) is 0.349. The van der Waals surface area contributed by atoms with Crippen molar-refractivity contribution < 1.29 is 14.6 Å². The number of hydrogen-bond acceptors (Lipinski definition) is 3. The van der Waals surface area contributed by atoms with Gasteiger partial charge in [0.1, 0.15) is 5.75 Å². The van der Waals surface area contributed by atoms with Gasteiger partial charge in [-0.3, -0.25) is 4.79 Å². The molecule has 0 fully saturated rings. The minimum Gasteiger partial charge on any atom is -0.496 e. The molecule has 1 aromatic rings. The minimum absolute atomic E-state index is 0.602. The number of methoxy groups -OCH3 is 1. The van der Waals surface area contributed by atoms with Crippen LogP contribution in [-0.2, 0) is 4.79 Å². The molecule has 0 spiro atoms. The van der Waals surface area contributed by atoms with Crippen molar-refractivity contribution >= 4 is 12.0 Å². The van der Waals surface area contributed by atoms with Gasteiger partial charge in [-0.1, -0.05) is 30.4 Å². The molecule has 20 heavy (non-hydrogen) atoms. The lowest BCUT2D eigenvalue weighted by molar-refractivity contribution is -0.147. The molecule has 0 aliphatic rings. The molecule has 0 aromatic heterocycles. The van der Waals surface area contributed by atoms with Crippen molar-refractivity contribution in [2.45, 2.75) is 20.3 Å². The first-order chi connectivity index (χ1) is 9.47. The van der Waals surface area contributed by atoms with Gasteiger partial charge in [-0.15, -0.1) is 0 Å². The van der Waals surface area contributed by atoms with Crippen LogP contribution in [0.1, 0.15) is 25.8 Å². The molecular formula is C16H23NO3.